The van der Waals surface area contributed by atoms with Crippen LogP contribution in [0.4, 0.5) is 5.69 Å². The maximum atomic E-state index is 5.77. The summed E-state index contributed by atoms with van der Waals surface area (Å²) in [6.45, 7) is 0.885. The molecule has 0 unspecified atom stereocenters. The first kappa shape index (κ1) is 7.10. The Morgan fingerprint density at radius 1 is 1.17 bits per heavy atom. The van der Waals surface area contributed by atoms with Gasteiger partial charge < -0.3 is 0 Å². The third-order valence-electron chi connectivity index (χ3n) is 1.96. The molecule has 0 fully saturated rings. The van der Waals surface area contributed by atoms with Crippen molar-refractivity contribution in [2.75, 3.05) is 6.54 Å². The van der Waals surface area contributed by atoms with Gasteiger partial charge in [-0.15, -0.1) is 0 Å². The van der Waals surface area contributed by atoms with E-state index in [1.165, 1.54) is 0 Å². The summed E-state index contributed by atoms with van der Waals surface area (Å²) in [5.41, 5.74) is 6.92. The molecule has 0 aromatic heterocycles. The minimum absolute atomic E-state index is 0.821. The van der Waals surface area contributed by atoms with Crippen molar-refractivity contribution in [2.45, 2.75) is 0 Å². The van der Waals surface area contributed by atoms with E-state index < -0.39 is 0 Å². The first-order chi connectivity index (χ1) is 5.88. The van der Waals surface area contributed by atoms with Gasteiger partial charge in [0.25, 0.3) is 5.84 Å². The lowest BCUT2D eigenvalue weighted by molar-refractivity contribution is -0.424. The zero-order valence-electron chi connectivity index (χ0n) is 6.77. The summed E-state index contributed by atoms with van der Waals surface area (Å²) in [4.78, 5) is 0. The van der Waals surface area contributed by atoms with Gasteiger partial charge in [0.05, 0.1) is 0 Å². The smallest absolute Gasteiger partial charge is 0.272 e. The molecule has 1 heterocycles. The van der Waals surface area contributed by atoms with Crippen molar-refractivity contribution in [2.24, 2.45) is 5.73 Å². The standard InChI is InChI=1S/C10H10N2/c11-10-7-4-8-12(10)9-5-2-1-3-6-9/h1-7,11H,8H2/p+1. The zero-order chi connectivity index (χ0) is 8.39. The molecule has 0 amide bonds. The van der Waals surface area contributed by atoms with E-state index in [1.54, 1.807) is 0 Å². The third-order valence-corrected chi connectivity index (χ3v) is 1.96. The fraction of sp³-hybridized carbons (Fsp3) is 0.100. The lowest BCUT2D eigenvalue weighted by Gasteiger charge is -2.00. The molecule has 1 aliphatic heterocycles. The van der Waals surface area contributed by atoms with Gasteiger partial charge in [0.15, 0.2) is 0 Å². The molecule has 0 radical (unpaired) electrons. The number of rotatable bonds is 1. The maximum absolute atomic E-state index is 5.77. The molecular weight excluding hydrogens is 148 g/mol. The average Bonchev–Trinajstić information content (AvgIpc) is 2.53. The molecule has 0 bridgehead atoms. The Morgan fingerprint density at radius 3 is 2.50 bits per heavy atom. The lowest BCUT2D eigenvalue weighted by atomic mass is 10.3. The highest BCUT2D eigenvalue weighted by molar-refractivity contribution is 5.89. The summed E-state index contributed by atoms with van der Waals surface area (Å²) < 4.78 is 2.07. The van der Waals surface area contributed by atoms with E-state index >= 15 is 0 Å². The Balaban J connectivity index is 2.40. The van der Waals surface area contributed by atoms with Gasteiger partial charge in [-0.25, -0.2) is 4.58 Å². The van der Waals surface area contributed by atoms with Crippen molar-refractivity contribution in [3.63, 3.8) is 0 Å². The normalized spacial score (nSPS) is 15.7. The van der Waals surface area contributed by atoms with Crippen molar-refractivity contribution < 1.29 is 4.58 Å². The van der Waals surface area contributed by atoms with Crippen LogP contribution >= 0.6 is 0 Å². The van der Waals surface area contributed by atoms with E-state index in [9.17, 15) is 0 Å². The number of nitrogens with zero attached hydrogens (tertiary/aromatic N) is 1. The molecule has 2 nitrogen and oxygen atoms in total. The summed E-state index contributed by atoms with van der Waals surface area (Å²) in [5, 5.41) is 0. The van der Waals surface area contributed by atoms with Crippen LogP contribution in [0.25, 0.3) is 0 Å². The van der Waals surface area contributed by atoms with Crippen LogP contribution in [0.3, 0.4) is 0 Å². The van der Waals surface area contributed by atoms with Crippen molar-refractivity contribution in [1.82, 2.24) is 0 Å². The van der Waals surface area contributed by atoms with Gasteiger partial charge in [-0.3, -0.25) is 5.73 Å². The van der Waals surface area contributed by atoms with Crippen LogP contribution in [-0.2, 0) is 0 Å². The fourth-order valence-corrected chi connectivity index (χ4v) is 1.34. The predicted molar refractivity (Wildman–Crippen MR) is 49.6 cm³/mol. The summed E-state index contributed by atoms with van der Waals surface area (Å²) in [7, 11) is 0. The number of nitrogens with two attached hydrogens (primary N) is 1. The Hall–Kier alpha value is -1.57. The Morgan fingerprint density at radius 2 is 1.92 bits per heavy atom. The lowest BCUT2D eigenvalue weighted by Crippen LogP contribution is -2.18. The average molecular weight is 159 g/mol. The second-order valence-corrected chi connectivity index (χ2v) is 2.77. The summed E-state index contributed by atoms with van der Waals surface area (Å²) in [6, 6.07) is 10.1. The summed E-state index contributed by atoms with van der Waals surface area (Å²) >= 11 is 0. The van der Waals surface area contributed by atoms with Crippen molar-refractivity contribution in [1.29, 1.82) is 0 Å². The molecule has 2 heteroatoms. The van der Waals surface area contributed by atoms with Gasteiger partial charge in [-0.05, 0) is 18.2 Å². The number of benzene rings is 1. The predicted octanol–water partition coefficient (Wildman–Crippen LogP) is 1.26. The second kappa shape index (κ2) is 2.81. The van der Waals surface area contributed by atoms with Gasteiger partial charge >= 0.3 is 0 Å². The van der Waals surface area contributed by atoms with Crippen LogP contribution in [0.15, 0.2) is 42.5 Å². The number of para-hydroxylation sites is 1. The molecule has 12 heavy (non-hydrogen) atoms. The first-order valence-electron chi connectivity index (χ1n) is 3.99. The van der Waals surface area contributed by atoms with Gasteiger partial charge in [0.1, 0.15) is 12.2 Å². The Kier molecular flexibility index (Phi) is 1.67. The molecule has 0 atom stereocenters. The van der Waals surface area contributed by atoms with E-state index in [4.69, 9.17) is 5.73 Å². The highest BCUT2D eigenvalue weighted by atomic mass is 15.1. The van der Waals surface area contributed by atoms with Gasteiger partial charge in [-0.1, -0.05) is 18.2 Å². The topological polar surface area (TPSA) is 29.0 Å². The summed E-state index contributed by atoms with van der Waals surface area (Å²) in [5.74, 6) is 0.821. The minimum Gasteiger partial charge on any atom is -0.287 e. The van der Waals surface area contributed by atoms with Crippen LogP contribution in [-0.4, -0.2) is 17.0 Å². The quantitative estimate of drug-likeness (QED) is 0.614. The van der Waals surface area contributed by atoms with Gasteiger partial charge in [-0.2, -0.15) is 0 Å². The van der Waals surface area contributed by atoms with Crippen molar-refractivity contribution >= 4 is 11.5 Å². The van der Waals surface area contributed by atoms with Crippen molar-refractivity contribution in [3.05, 3.63) is 42.5 Å². The Bertz CT molecular complexity index is 336. The van der Waals surface area contributed by atoms with Crippen LogP contribution < -0.4 is 5.73 Å². The molecule has 2 rings (SSSR count). The number of amidine groups is 1. The minimum atomic E-state index is 0.821. The van der Waals surface area contributed by atoms with E-state index in [0.717, 1.165) is 18.1 Å². The van der Waals surface area contributed by atoms with Crippen LogP contribution in [0.1, 0.15) is 0 Å². The molecule has 0 saturated carbocycles. The van der Waals surface area contributed by atoms with Gasteiger partial charge in [0.2, 0.25) is 0 Å². The highest BCUT2D eigenvalue weighted by Crippen LogP contribution is 2.12. The SMILES string of the molecule is NC1=[N+](c2ccccc2)CC=C1. The van der Waals surface area contributed by atoms with Crippen LogP contribution in [0.2, 0.25) is 0 Å². The zero-order valence-corrected chi connectivity index (χ0v) is 6.77. The molecule has 1 aromatic carbocycles. The molecule has 60 valence electrons. The molecule has 1 aromatic rings. The third kappa shape index (κ3) is 1.11. The molecule has 1 aliphatic rings. The maximum Gasteiger partial charge on any atom is 0.272 e. The van der Waals surface area contributed by atoms with Gasteiger partial charge in [0, 0.05) is 6.08 Å². The molecular formula is C10H11N2+. The van der Waals surface area contributed by atoms with E-state index in [-0.39, 0.29) is 0 Å². The number of hydrogen-bond donors (Lipinski definition) is 1. The van der Waals surface area contributed by atoms with E-state index in [1.807, 2.05) is 24.3 Å². The van der Waals surface area contributed by atoms with E-state index in [2.05, 4.69) is 22.8 Å². The fourth-order valence-electron chi connectivity index (χ4n) is 1.34. The van der Waals surface area contributed by atoms with E-state index in [0.29, 0.717) is 0 Å². The number of hydrogen-bond acceptors (Lipinski definition) is 1. The first-order valence-corrected chi connectivity index (χ1v) is 3.99. The molecule has 0 saturated heterocycles. The second-order valence-electron chi connectivity index (χ2n) is 2.77. The molecule has 0 spiro atoms. The van der Waals surface area contributed by atoms with Crippen molar-refractivity contribution in [3.8, 4) is 0 Å². The van der Waals surface area contributed by atoms with Crippen LogP contribution in [0.5, 0.6) is 0 Å². The Labute approximate surface area is 71.6 Å². The highest BCUT2D eigenvalue weighted by Gasteiger charge is 2.11. The molecule has 2 N–H and O–H groups in total. The molecule has 0 aliphatic carbocycles. The van der Waals surface area contributed by atoms with Crippen LogP contribution in [0, 0.1) is 0 Å². The monoisotopic (exact) mass is 159 g/mol. The summed E-state index contributed by atoms with van der Waals surface area (Å²) in [6.07, 6.45) is 4.00. The largest absolute Gasteiger partial charge is 0.287 e.